The quantitative estimate of drug-likeness (QED) is 0.904. The van der Waals surface area contributed by atoms with Crippen LogP contribution in [-0.4, -0.2) is 55.1 Å². The zero-order chi connectivity index (χ0) is 15.4. The number of aliphatic hydroxyl groups is 1. The fourth-order valence-corrected chi connectivity index (χ4v) is 3.58. The third kappa shape index (κ3) is 3.59. The van der Waals surface area contributed by atoms with E-state index in [1.807, 2.05) is 0 Å². The molecule has 5 heteroatoms. The Morgan fingerprint density at radius 2 is 2.18 bits per heavy atom. The lowest BCUT2D eigenvalue weighted by molar-refractivity contribution is -0.0533. The van der Waals surface area contributed by atoms with Crippen LogP contribution in [0.5, 0.6) is 5.75 Å². The van der Waals surface area contributed by atoms with Gasteiger partial charge in [-0.15, -0.1) is 0 Å². The Kier molecular flexibility index (Phi) is 5.28. The second-order valence-electron chi connectivity index (χ2n) is 6.12. The molecule has 0 unspecified atom stereocenters. The van der Waals surface area contributed by atoms with Crippen LogP contribution in [0.3, 0.4) is 0 Å². The molecular weight excluding hydrogens is 285 g/mol. The Balaban J connectivity index is 1.54. The van der Waals surface area contributed by atoms with Crippen molar-refractivity contribution in [3.63, 3.8) is 0 Å². The molecule has 1 aromatic rings. The Bertz CT molecular complexity index is 485. The number of para-hydroxylation sites is 1. The van der Waals surface area contributed by atoms with Gasteiger partial charge in [-0.3, -0.25) is 4.90 Å². The number of morpholine rings is 1. The van der Waals surface area contributed by atoms with E-state index >= 15 is 0 Å². The zero-order valence-corrected chi connectivity index (χ0v) is 12.8. The molecule has 0 amide bonds. The highest BCUT2D eigenvalue weighted by atomic mass is 19.1. The van der Waals surface area contributed by atoms with Gasteiger partial charge < -0.3 is 14.6 Å². The van der Waals surface area contributed by atoms with Gasteiger partial charge in [0, 0.05) is 25.0 Å². The maximum absolute atomic E-state index is 13.5. The number of hydrogen-bond acceptors (Lipinski definition) is 4. The summed E-state index contributed by atoms with van der Waals surface area (Å²) in [6.45, 7) is 3.39. The second kappa shape index (κ2) is 7.40. The van der Waals surface area contributed by atoms with Gasteiger partial charge in [-0.1, -0.05) is 18.6 Å². The van der Waals surface area contributed by atoms with Crippen molar-refractivity contribution in [1.82, 2.24) is 4.90 Å². The fourth-order valence-electron chi connectivity index (χ4n) is 3.58. The van der Waals surface area contributed by atoms with Crippen LogP contribution in [0, 0.1) is 11.7 Å². The van der Waals surface area contributed by atoms with Crippen LogP contribution in [0.15, 0.2) is 24.3 Å². The molecule has 3 atom stereocenters. The summed E-state index contributed by atoms with van der Waals surface area (Å²) in [5.74, 6) is 0.259. The van der Waals surface area contributed by atoms with Crippen LogP contribution >= 0.6 is 0 Å². The smallest absolute Gasteiger partial charge is 0.165 e. The first-order chi connectivity index (χ1) is 10.8. The molecule has 1 aromatic carbocycles. The molecule has 4 nitrogen and oxygen atoms in total. The SMILES string of the molecule is O[C@@H]1CCC[C@H]1[C@H]1COCCN1CCOc1ccccc1F. The zero-order valence-electron chi connectivity index (χ0n) is 12.8. The van der Waals surface area contributed by atoms with Crippen LogP contribution in [0.4, 0.5) is 4.39 Å². The third-order valence-electron chi connectivity index (χ3n) is 4.78. The summed E-state index contributed by atoms with van der Waals surface area (Å²) in [5, 5.41) is 10.1. The highest BCUT2D eigenvalue weighted by molar-refractivity contribution is 5.23. The molecule has 1 N–H and O–H groups in total. The average Bonchev–Trinajstić information content (AvgIpc) is 2.96. The normalized spacial score (nSPS) is 29.6. The van der Waals surface area contributed by atoms with Crippen LogP contribution < -0.4 is 4.74 Å². The van der Waals surface area contributed by atoms with Crippen molar-refractivity contribution in [3.05, 3.63) is 30.1 Å². The summed E-state index contributed by atoms with van der Waals surface area (Å²) < 4.78 is 24.7. The lowest BCUT2D eigenvalue weighted by atomic mass is 9.94. The fraction of sp³-hybridized carbons (Fsp3) is 0.647. The number of halogens is 1. The van der Waals surface area contributed by atoms with Gasteiger partial charge in [-0.25, -0.2) is 4.39 Å². The lowest BCUT2D eigenvalue weighted by Crippen LogP contribution is -2.52. The first-order valence-corrected chi connectivity index (χ1v) is 8.13. The summed E-state index contributed by atoms with van der Waals surface area (Å²) in [4.78, 5) is 2.32. The predicted octanol–water partition coefficient (Wildman–Crippen LogP) is 2.07. The average molecular weight is 309 g/mol. The Morgan fingerprint density at radius 1 is 1.32 bits per heavy atom. The molecule has 3 rings (SSSR count). The van der Waals surface area contributed by atoms with E-state index in [0.29, 0.717) is 25.6 Å². The molecular formula is C17H24FNO3. The van der Waals surface area contributed by atoms with Gasteiger partial charge in [0.1, 0.15) is 6.61 Å². The summed E-state index contributed by atoms with van der Waals surface area (Å²) in [5.41, 5.74) is 0. The van der Waals surface area contributed by atoms with E-state index in [9.17, 15) is 9.50 Å². The van der Waals surface area contributed by atoms with Crippen molar-refractivity contribution in [3.8, 4) is 5.75 Å². The molecule has 1 heterocycles. The third-order valence-corrected chi connectivity index (χ3v) is 4.78. The minimum atomic E-state index is -0.327. The molecule has 122 valence electrons. The molecule has 2 aliphatic rings. The van der Waals surface area contributed by atoms with Crippen LogP contribution in [-0.2, 0) is 4.74 Å². The van der Waals surface area contributed by atoms with Gasteiger partial charge in [0.2, 0.25) is 0 Å². The molecule has 0 radical (unpaired) electrons. The van der Waals surface area contributed by atoms with E-state index in [4.69, 9.17) is 9.47 Å². The Labute approximate surface area is 130 Å². The molecule has 1 aliphatic heterocycles. The van der Waals surface area contributed by atoms with Gasteiger partial charge in [0.25, 0.3) is 0 Å². The molecule has 0 aromatic heterocycles. The van der Waals surface area contributed by atoms with Gasteiger partial charge >= 0.3 is 0 Å². The molecule has 0 bridgehead atoms. The molecule has 0 spiro atoms. The van der Waals surface area contributed by atoms with Gasteiger partial charge in [0.05, 0.1) is 19.3 Å². The number of nitrogens with zero attached hydrogens (tertiary/aromatic N) is 1. The van der Waals surface area contributed by atoms with Crippen LogP contribution in [0.2, 0.25) is 0 Å². The molecule has 2 fully saturated rings. The standard InChI is InChI=1S/C17H24FNO3/c18-14-5-1-2-7-17(14)22-11-9-19-8-10-21-12-15(19)13-4-3-6-16(13)20/h1-2,5,7,13,15-16,20H,3-4,6,8-12H2/t13-,15+,16+/m0/s1. The van der Waals surface area contributed by atoms with Crippen molar-refractivity contribution >= 4 is 0 Å². The summed E-state index contributed by atoms with van der Waals surface area (Å²) in [7, 11) is 0. The number of benzene rings is 1. The largest absolute Gasteiger partial charge is 0.489 e. The predicted molar refractivity (Wildman–Crippen MR) is 81.4 cm³/mol. The van der Waals surface area contributed by atoms with Gasteiger partial charge in [-0.2, -0.15) is 0 Å². The Morgan fingerprint density at radius 3 is 2.95 bits per heavy atom. The van der Waals surface area contributed by atoms with E-state index in [1.165, 1.54) is 6.07 Å². The first kappa shape index (κ1) is 15.7. The number of aliphatic hydroxyl groups excluding tert-OH is 1. The maximum Gasteiger partial charge on any atom is 0.165 e. The summed E-state index contributed by atoms with van der Waals surface area (Å²) >= 11 is 0. The topological polar surface area (TPSA) is 41.9 Å². The summed E-state index contributed by atoms with van der Waals surface area (Å²) in [6, 6.07) is 6.72. The molecule has 22 heavy (non-hydrogen) atoms. The second-order valence-corrected chi connectivity index (χ2v) is 6.12. The van der Waals surface area contributed by atoms with Crippen molar-refractivity contribution in [2.75, 3.05) is 32.9 Å². The molecule has 1 aliphatic carbocycles. The first-order valence-electron chi connectivity index (χ1n) is 8.13. The number of rotatable bonds is 5. The van der Waals surface area contributed by atoms with E-state index in [2.05, 4.69) is 4.90 Å². The van der Waals surface area contributed by atoms with Crippen molar-refractivity contribution in [2.24, 2.45) is 5.92 Å². The van der Waals surface area contributed by atoms with Gasteiger partial charge in [0.15, 0.2) is 11.6 Å². The highest BCUT2D eigenvalue weighted by Gasteiger charge is 2.37. The van der Waals surface area contributed by atoms with Crippen LogP contribution in [0.1, 0.15) is 19.3 Å². The monoisotopic (exact) mass is 309 g/mol. The van der Waals surface area contributed by atoms with Crippen molar-refractivity contribution in [2.45, 2.75) is 31.4 Å². The van der Waals surface area contributed by atoms with E-state index in [0.717, 1.165) is 32.4 Å². The van der Waals surface area contributed by atoms with E-state index < -0.39 is 0 Å². The molecule has 1 saturated heterocycles. The van der Waals surface area contributed by atoms with E-state index in [-0.39, 0.29) is 23.9 Å². The number of ether oxygens (including phenoxy) is 2. The minimum absolute atomic E-state index is 0.221. The van der Waals surface area contributed by atoms with E-state index in [1.54, 1.807) is 18.2 Å². The Hall–Kier alpha value is -1.17. The lowest BCUT2D eigenvalue weighted by Gasteiger charge is -2.40. The summed E-state index contributed by atoms with van der Waals surface area (Å²) in [6.07, 6.45) is 2.81. The minimum Gasteiger partial charge on any atom is -0.489 e. The van der Waals surface area contributed by atoms with Crippen molar-refractivity contribution < 1.29 is 19.0 Å². The number of hydrogen-bond donors (Lipinski definition) is 1. The molecule has 1 saturated carbocycles. The highest BCUT2D eigenvalue weighted by Crippen LogP contribution is 2.32. The maximum atomic E-state index is 13.5. The van der Waals surface area contributed by atoms with Crippen LogP contribution in [0.25, 0.3) is 0 Å². The van der Waals surface area contributed by atoms with Crippen molar-refractivity contribution in [1.29, 1.82) is 0 Å². The van der Waals surface area contributed by atoms with Gasteiger partial charge in [-0.05, 0) is 25.0 Å².